The first-order valence-corrected chi connectivity index (χ1v) is 10.7. The Morgan fingerprint density at radius 2 is 1.53 bits per heavy atom. The molecule has 5 heteroatoms. The number of ether oxygens (including phenoxy) is 1. The van der Waals surface area contributed by atoms with Gasteiger partial charge in [-0.05, 0) is 53.8 Å². The van der Waals surface area contributed by atoms with Crippen molar-refractivity contribution in [3.8, 4) is 11.1 Å². The molecule has 0 aliphatic heterocycles. The summed E-state index contributed by atoms with van der Waals surface area (Å²) in [7, 11) is 0. The SMILES string of the molecule is CC(C)(NC(=O)OCC1c2ccccc2-c2ccccc21)C(O)c1ccc(Br)cc1. The molecule has 4 nitrogen and oxygen atoms in total. The molecule has 1 atom stereocenters. The second kappa shape index (κ2) is 8.25. The lowest BCUT2D eigenvalue weighted by Crippen LogP contribution is -2.48. The fourth-order valence-electron chi connectivity index (χ4n) is 4.03. The highest BCUT2D eigenvalue weighted by atomic mass is 79.9. The Labute approximate surface area is 185 Å². The normalized spacial score (nSPS) is 14.0. The second-order valence-electron chi connectivity index (χ2n) is 8.13. The van der Waals surface area contributed by atoms with Crippen LogP contribution in [-0.4, -0.2) is 23.3 Å². The van der Waals surface area contributed by atoms with Gasteiger partial charge in [0.25, 0.3) is 0 Å². The molecule has 30 heavy (non-hydrogen) atoms. The van der Waals surface area contributed by atoms with Crippen LogP contribution in [0, 0.1) is 0 Å². The molecule has 0 radical (unpaired) electrons. The predicted molar refractivity (Wildman–Crippen MR) is 121 cm³/mol. The van der Waals surface area contributed by atoms with Crippen molar-refractivity contribution in [1.82, 2.24) is 5.32 Å². The first-order valence-electron chi connectivity index (χ1n) is 9.93. The summed E-state index contributed by atoms with van der Waals surface area (Å²) in [4.78, 5) is 12.6. The Hall–Kier alpha value is -2.63. The summed E-state index contributed by atoms with van der Waals surface area (Å²) < 4.78 is 6.54. The highest BCUT2D eigenvalue weighted by Crippen LogP contribution is 2.44. The van der Waals surface area contributed by atoms with Crippen LogP contribution in [0.4, 0.5) is 4.79 Å². The largest absolute Gasteiger partial charge is 0.449 e. The van der Waals surface area contributed by atoms with Crippen molar-refractivity contribution in [3.63, 3.8) is 0 Å². The zero-order chi connectivity index (χ0) is 21.3. The number of hydrogen-bond donors (Lipinski definition) is 2. The van der Waals surface area contributed by atoms with Gasteiger partial charge >= 0.3 is 6.09 Å². The van der Waals surface area contributed by atoms with Crippen molar-refractivity contribution >= 4 is 22.0 Å². The van der Waals surface area contributed by atoms with E-state index in [9.17, 15) is 9.90 Å². The third-order valence-corrected chi connectivity index (χ3v) is 6.17. The van der Waals surface area contributed by atoms with E-state index in [1.54, 1.807) is 13.8 Å². The van der Waals surface area contributed by atoms with E-state index in [1.165, 1.54) is 22.3 Å². The van der Waals surface area contributed by atoms with Crippen LogP contribution >= 0.6 is 15.9 Å². The number of rotatable bonds is 5. The van der Waals surface area contributed by atoms with Gasteiger partial charge in [0.1, 0.15) is 12.7 Å². The van der Waals surface area contributed by atoms with Crippen molar-refractivity contribution in [2.24, 2.45) is 0 Å². The number of aliphatic hydroxyl groups excluding tert-OH is 1. The molecule has 0 saturated carbocycles. The minimum Gasteiger partial charge on any atom is -0.449 e. The van der Waals surface area contributed by atoms with Crippen LogP contribution in [0.1, 0.15) is 42.6 Å². The molecule has 1 aliphatic carbocycles. The Kier molecular flexibility index (Phi) is 5.67. The number of aliphatic hydroxyl groups is 1. The molecule has 3 aromatic carbocycles. The topological polar surface area (TPSA) is 58.6 Å². The molecule has 3 aromatic rings. The lowest BCUT2D eigenvalue weighted by atomic mass is 9.91. The minimum atomic E-state index is -0.892. The molecule has 0 heterocycles. The zero-order valence-electron chi connectivity index (χ0n) is 16.9. The van der Waals surface area contributed by atoms with E-state index in [0.29, 0.717) is 0 Å². The predicted octanol–water partition coefficient (Wildman–Crippen LogP) is 5.80. The highest BCUT2D eigenvalue weighted by molar-refractivity contribution is 9.10. The van der Waals surface area contributed by atoms with Crippen LogP contribution in [0.3, 0.4) is 0 Å². The van der Waals surface area contributed by atoms with Crippen LogP contribution in [0.15, 0.2) is 77.3 Å². The molecule has 0 aromatic heterocycles. The number of amides is 1. The van der Waals surface area contributed by atoms with E-state index >= 15 is 0 Å². The second-order valence-corrected chi connectivity index (χ2v) is 9.04. The van der Waals surface area contributed by atoms with Gasteiger partial charge in [-0.15, -0.1) is 0 Å². The number of halogens is 1. The fourth-order valence-corrected chi connectivity index (χ4v) is 4.29. The molecule has 1 aliphatic rings. The maximum Gasteiger partial charge on any atom is 0.407 e. The van der Waals surface area contributed by atoms with Crippen LogP contribution in [0.25, 0.3) is 11.1 Å². The molecule has 0 bridgehead atoms. The summed E-state index contributed by atoms with van der Waals surface area (Å²) >= 11 is 3.39. The lowest BCUT2D eigenvalue weighted by Gasteiger charge is -2.31. The van der Waals surface area contributed by atoms with Crippen molar-refractivity contribution in [2.75, 3.05) is 6.61 Å². The van der Waals surface area contributed by atoms with E-state index in [0.717, 1.165) is 10.0 Å². The number of benzene rings is 3. The van der Waals surface area contributed by atoms with Crippen molar-refractivity contribution in [1.29, 1.82) is 0 Å². The molecule has 0 saturated heterocycles. The van der Waals surface area contributed by atoms with Crippen LogP contribution in [0.5, 0.6) is 0 Å². The third-order valence-electron chi connectivity index (χ3n) is 5.64. The maximum absolute atomic E-state index is 12.6. The maximum atomic E-state index is 12.6. The average molecular weight is 466 g/mol. The molecule has 1 amide bonds. The number of carbonyl (C=O) groups is 1. The van der Waals surface area contributed by atoms with Crippen molar-refractivity contribution < 1.29 is 14.6 Å². The summed E-state index contributed by atoms with van der Waals surface area (Å²) in [6.45, 7) is 3.80. The van der Waals surface area contributed by atoms with Crippen LogP contribution in [0.2, 0.25) is 0 Å². The fraction of sp³-hybridized carbons (Fsp3) is 0.240. The zero-order valence-corrected chi connectivity index (χ0v) is 18.5. The average Bonchev–Trinajstić information content (AvgIpc) is 3.06. The lowest BCUT2D eigenvalue weighted by molar-refractivity contribution is 0.0681. The molecule has 154 valence electrons. The molecule has 0 spiro atoms. The summed E-state index contributed by atoms with van der Waals surface area (Å²) in [5.41, 5.74) is 4.54. The Morgan fingerprint density at radius 1 is 1.00 bits per heavy atom. The molecule has 0 fully saturated rings. The van der Waals surface area contributed by atoms with Gasteiger partial charge in [0.05, 0.1) is 5.54 Å². The molecule has 4 rings (SSSR count). The van der Waals surface area contributed by atoms with E-state index < -0.39 is 17.7 Å². The Bertz CT molecular complexity index is 1020. The van der Waals surface area contributed by atoms with E-state index in [-0.39, 0.29) is 12.5 Å². The number of hydrogen-bond acceptors (Lipinski definition) is 3. The number of alkyl carbamates (subject to hydrolysis) is 1. The van der Waals surface area contributed by atoms with Crippen molar-refractivity contribution in [2.45, 2.75) is 31.4 Å². The first-order chi connectivity index (χ1) is 14.4. The summed E-state index contributed by atoms with van der Waals surface area (Å²) in [5, 5.41) is 13.6. The smallest absolute Gasteiger partial charge is 0.407 e. The monoisotopic (exact) mass is 465 g/mol. The van der Waals surface area contributed by atoms with Gasteiger partial charge in [-0.2, -0.15) is 0 Å². The first kappa shape index (κ1) is 20.6. The minimum absolute atomic E-state index is 0.00246. The molecular formula is C25H24BrNO3. The van der Waals surface area contributed by atoms with Crippen LogP contribution < -0.4 is 5.32 Å². The summed E-state index contributed by atoms with van der Waals surface area (Å²) in [6.07, 6.45) is -1.41. The summed E-state index contributed by atoms with van der Waals surface area (Å²) in [6, 6.07) is 23.8. The van der Waals surface area contributed by atoms with Gasteiger partial charge in [0, 0.05) is 10.4 Å². The van der Waals surface area contributed by atoms with E-state index in [4.69, 9.17) is 4.74 Å². The van der Waals surface area contributed by atoms with Gasteiger partial charge in [0.2, 0.25) is 0 Å². The van der Waals surface area contributed by atoms with Gasteiger partial charge in [-0.25, -0.2) is 4.79 Å². The molecule has 2 N–H and O–H groups in total. The van der Waals surface area contributed by atoms with Gasteiger partial charge in [0.15, 0.2) is 0 Å². The van der Waals surface area contributed by atoms with Gasteiger partial charge < -0.3 is 15.2 Å². The van der Waals surface area contributed by atoms with Gasteiger partial charge in [-0.3, -0.25) is 0 Å². The molecular weight excluding hydrogens is 442 g/mol. The third kappa shape index (κ3) is 4.00. The van der Waals surface area contributed by atoms with Crippen LogP contribution in [-0.2, 0) is 4.74 Å². The quantitative estimate of drug-likeness (QED) is 0.500. The number of nitrogens with one attached hydrogen (secondary N) is 1. The summed E-state index contributed by atoms with van der Waals surface area (Å²) in [5.74, 6) is 0.00246. The highest BCUT2D eigenvalue weighted by Gasteiger charge is 2.33. The number of fused-ring (bicyclic) bond motifs is 3. The number of carbonyl (C=O) groups excluding carboxylic acids is 1. The Morgan fingerprint density at radius 3 is 2.10 bits per heavy atom. The standard InChI is InChI=1S/C25H24BrNO3/c1-25(2,23(28)16-11-13-17(26)14-12-16)27-24(29)30-15-22-20-9-5-3-7-18(20)19-8-4-6-10-21(19)22/h3-14,22-23,28H,15H2,1-2H3,(H,27,29). The van der Waals surface area contributed by atoms with E-state index in [2.05, 4.69) is 45.5 Å². The van der Waals surface area contributed by atoms with E-state index in [1.807, 2.05) is 48.5 Å². The molecule has 1 unspecified atom stereocenters. The van der Waals surface area contributed by atoms with Crippen molar-refractivity contribution in [3.05, 3.63) is 94.0 Å². The van der Waals surface area contributed by atoms with Gasteiger partial charge in [-0.1, -0.05) is 76.6 Å². The Balaban J connectivity index is 1.44.